The standard InChI is InChI=1S/C32H50N4O4S/c1-8-9-10-11-12-13-14-15-28-33-29(37)32(34-28)17-19-36(20-18-32)41(39)21-16-27-24(2)22-26(23-25(27)3)35(7)30(38)40-31(4,5)6/h16,21-23H,8-15,17-20H2,1-7H3,(H,33,34,37)/b21-16+. The zero-order valence-electron chi connectivity index (χ0n) is 26.2. The second kappa shape index (κ2) is 14.6. The summed E-state index contributed by atoms with van der Waals surface area (Å²) < 4.78 is 20.6. The quantitative estimate of drug-likeness (QED) is 0.272. The maximum Gasteiger partial charge on any atom is 0.414 e. The van der Waals surface area contributed by atoms with Crippen molar-refractivity contribution in [1.29, 1.82) is 0 Å². The number of hydrogen-bond acceptors (Lipinski definition) is 5. The van der Waals surface area contributed by atoms with Crippen LogP contribution < -0.4 is 10.2 Å². The molecule has 2 heterocycles. The van der Waals surface area contributed by atoms with Crippen molar-refractivity contribution in [2.75, 3.05) is 25.0 Å². The first-order valence-electron chi connectivity index (χ1n) is 15.2. The van der Waals surface area contributed by atoms with Gasteiger partial charge in [-0.1, -0.05) is 45.4 Å². The number of unbranched alkanes of at least 4 members (excludes halogenated alkanes) is 6. The van der Waals surface area contributed by atoms with Crippen LogP contribution in [0, 0.1) is 13.8 Å². The normalized spacial score (nSPS) is 18.0. The average Bonchev–Trinajstić information content (AvgIpc) is 3.20. The highest BCUT2D eigenvalue weighted by Gasteiger charge is 2.46. The van der Waals surface area contributed by atoms with Crippen molar-refractivity contribution in [1.82, 2.24) is 9.62 Å². The van der Waals surface area contributed by atoms with E-state index in [1.165, 1.54) is 43.4 Å². The van der Waals surface area contributed by atoms with Crippen molar-refractivity contribution in [2.45, 2.75) is 117 Å². The largest absolute Gasteiger partial charge is 0.443 e. The van der Waals surface area contributed by atoms with Crippen LogP contribution in [-0.4, -0.2) is 57.6 Å². The third kappa shape index (κ3) is 9.23. The van der Waals surface area contributed by atoms with Crippen molar-refractivity contribution >= 4 is 40.6 Å². The molecule has 1 fully saturated rings. The summed E-state index contributed by atoms with van der Waals surface area (Å²) in [6.45, 7) is 12.8. The first-order chi connectivity index (χ1) is 19.3. The Kier molecular flexibility index (Phi) is 11.7. The molecule has 2 aliphatic heterocycles. The van der Waals surface area contributed by atoms with Crippen LogP contribution in [0.4, 0.5) is 10.5 Å². The first kappa shape index (κ1) is 33.0. The zero-order valence-corrected chi connectivity index (χ0v) is 27.0. The number of anilines is 1. The highest BCUT2D eigenvalue weighted by molar-refractivity contribution is 7.85. The minimum atomic E-state index is -1.32. The molecule has 1 aromatic carbocycles. The van der Waals surface area contributed by atoms with Crippen molar-refractivity contribution < 1.29 is 18.5 Å². The third-order valence-electron chi connectivity index (χ3n) is 7.83. The van der Waals surface area contributed by atoms with Gasteiger partial charge >= 0.3 is 6.09 Å². The summed E-state index contributed by atoms with van der Waals surface area (Å²) in [6.07, 6.45) is 12.1. The Hall–Kier alpha value is -2.52. The summed E-state index contributed by atoms with van der Waals surface area (Å²) in [5.41, 5.74) is 2.40. The van der Waals surface area contributed by atoms with Crippen molar-refractivity contribution in [3.8, 4) is 0 Å². The van der Waals surface area contributed by atoms with Gasteiger partial charge in [0.15, 0.2) is 0 Å². The summed E-state index contributed by atoms with van der Waals surface area (Å²) in [4.78, 5) is 31.7. The Morgan fingerprint density at radius 3 is 2.27 bits per heavy atom. The Morgan fingerprint density at radius 1 is 1.10 bits per heavy atom. The summed E-state index contributed by atoms with van der Waals surface area (Å²) in [5.74, 6) is 0.823. The summed E-state index contributed by atoms with van der Waals surface area (Å²) in [7, 11) is 0.383. The summed E-state index contributed by atoms with van der Waals surface area (Å²) in [6, 6.07) is 3.87. The lowest BCUT2D eigenvalue weighted by Gasteiger charge is -2.33. The fourth-order valence-electron chi connectivity index (χ4n) is 5.38. The van der Waals surface area contributed by atoms with Gasteiger partial charge < -0.3 is 10.1 Å². The first-order valence-corrected chi connectivity index (χ1v) is 16.3. The summed E-state index contributed by atoms with van der Waals surface area (Å²) in [5, 5.41) is 4.75. The molecule has 9 heteroatoms. The Balaban J connectivity index is 1.54. The van der Waals surface area contributed by atoms with Gasteiger partial charge in [-0.15, -0.1) is 0 Å². The number of aryl methyl sites for hydroxylation is 2. The Labute approximate surface area is 249 Å². The second-order valence-electron chi connectivity index (χ2n) is 12.5. The van der Waals surface area contributed by atoms with E-state index < -0.39 is 28.2 Å². The smallest absolute Gasteiger partial charge is 0.414 e. The van der Waals surface area contributed by atoms with Crippen molar-refractivity contribution in [2.24, 2.45) is 4.99 Å². The number of benzene rings is 1. The van der Waals surface area contributed by atoms with Gasteiger partial charge in [-0.2, -0.15) is 0 Å². The van der Waals surface area contributed by atoms with Gasteiger partial charge in [0.25, 0.3) is 5.91 Å². The van der Waals surface area contributed by atoms with Crippen LogP contribution in [0.5, 0.6) is 0 Å². The number of carbonyl (C=O) groups is 2. The molecule has 0 bridgehead atoms. The fourth-order valence-corrected chi connectivity index (χ4v) is 6.35. The predicted octanol–water partition coefficient (Wildman–Crippen LogP) is 6.81. The van der Waals surface area contributed by atoms with Gasteiger partial charge in [0.2, 0.25) is 0 Å². The van der Waals surface area contributed by atoms with Crippen LogP contribution in [0.1, 0.15) is 109 Å². The number of carbonyl (C=O) groups excluding carboxylic acids is 2. The molecule has 1 spiro atoms. The lowest BCUT2D eigenvalue weighted by molar-refractivity contribution is -0.124. The van der Waals surface area contributed by atoms with Gasteiger partial charge in [-0.3, -0.25) is 14.7 Å². The number of piperidine rings is 1. The highest BCUT2D eigenvalue weighted by atomic mass is 32.2. The van der Waals surface area contributed by atoms with E-state index in [-0.39, 0.29) is 5.91 Å². The molecular weight excluding hydrogens is 536 g/mol. The van der Waals surface area contributed by atoms with Crippen LogP contribution in [0.25, 0.3) is 6.08 Å². The number of hydrogen-bond donors (Lipinski definition) is 1. The Bertz CT molecular complexity index is 1140. The van der Waals surface area contributed by atoms with Gasteiger partial charge in [0, 0.05) is 37.7 Å². The van der Waals surface area contributed by atoms with Crippen LogP contribution in [0.3, 0.4) is 0 Å². The van der Waals surface area contributed by atoms with Gasteiger partial charge in [0.1, 0.15) is 28.0 Å². The van der Waals surface area contributed by atoms with Crippen molar-refractivity contribution in [3.05, 3.63) is 34.2 Å². The lowest BCUT2D eigenvalue weighted by atomic mass is 9.89. The number of nitrogens with zero attached hydrogens (tertiary/aromatic N) is 3. The fraction of sp³-hybridized carbons (Fsp3) is 0.656. The maximum atomic E-state index is 13.2. The number of rotatable bonds is 12. The van der Waals surface area contributed by atoms with Crippen LogP contribution >= 0.6 is 0 Å². The van der Waals surface area contributed by atoms with E-state index in [0.717, 1.165) is 41.1 Å². The van der Waals surface area contributed by atoms with E-state index >= 15 is 0 Å². The molecule has 0 aromatic heterocycles. The molecule has 228 valence electrons. The molecule has 1 N–H and O–H groups in total. The molecular formula is C32H50N4O4S. The van der Waals surface area contributed by atoms with Gasteiger partial charge in [-0.25, -0.2) is 13.3 Å². The molecule has 1 saturated heterocycles. The van der Waals surface area contributed by atoms with Gasteiger partial charge in [-0.05, 0) is 88.8 Å². The molecule has 2 aliphatic rings. The molecule has 41 heavy (non-hydrogen) atoms. The van der Waals surface area contributed by atoms with E-state index in [4.69, 9.17) is 9.73 Å². The van der Waals surface area contributed by atoms with Crippen molar-refractivity contribution in [3.63, 3.8) is 0 Å². The van der Waals surface area contributed by atoms with Crippen LogP contribution in [0.15, 0.2) is 22.5 Å². The molecule has 0 aliphatic carbocycles. The molecule has 3 rings (SSSR count). The SMILES string of the molecule is CCCCCCCCCC1=NC2(CCN(S(=O)/C=C/c3c(C)cc(N(C)C(=O)OC(C)(C)C)cc3C)CC2)C(=O)N1. The monoisotopic (exact) mass is 586 g/mol. The minimum Gasteiger partial charge on any atom is -0.443 e. The Morgan fingerprint density at radius 2 is 1.68 bits per heavy atom. The highest BCUT2D eigenvalue weighted by Crippen LogP contribution is 2.32. The van der Waals surface area contributed by atoms with E-state index in [1.807, 2.05) is 57.1 Å². The molecule has 2 amide bonds. The molecule has 0 radical (unpaired) electrons. The molecule has 1 unspecified atom stereocenters. The van der Waals surface area contributed by atoms with E-state index in [0.29, 0.717) is 25.9 Å². The minimum absolute atomic E-state index is 0.000825. The maximum absolute atomic E-state index is 13.2. The molecule has 8 nitrogen and oxygen atoms in total. The second-order valence-corrected chi connectivity index (χ2v) is 13.8. The molecule has 1 aromatic rings. The number of ether oxygens (including phenoxy) is 1. The number of nitrogens with one attached hydrogen (secondary N) is 1. The van der Waals surface area contributed by atoms with E-state index in [2.05, 4.69) is 12.2 Å². The predicted molar refractivity (Wildman–Crippen MR) is 169 cm³/mol. The number of amides is 2. The van der Waals surface area contributed by atoms with Gasteiger partial charge in [0.05, 0.1) is 0 Å². The third-order valence-corrected chi connectivity index (χ3v) is 9.08. The van der Waals surface area contributed by atoms with E-state index in [9.17, 15) is 13.8 Å². The van der Waals surface area contributed by atoms with Crippen LogP contribution in [-0.2, 0) is 20.5 Å². The van der Waals surface area contributed by atoms with E-state index in [1.54, 1.807) is 12.5 Å². The molecule has 1 atom stereocenters. The van der Waals surface area contributed by atoms with Crippen LogP contribution in [0.2, 0.25) is 0 Å². The zero-order chi connectivity index (χ0) is 30.2. The summed E-state index contributed by atoms with van der Waals surface area (Å²) >= 11 is 0. The number of aliphatic imine (C=N–C) groups is 1. The molecule has 0 saturated carbocycles. The number of amidine groups is 1. The topological polar surface area (TPSA) is 91.3 Å². The lowest BCUT2D eigenvalue weighted by Crippen LogP contribution is -2.49. The average molecular weight is 587 g/mol.